The van der Waals surface area contributed by atoms with Crippen molar-refractivity contribution in [3.63, 3.8) is 0 Å². The minimum Gasteiger partial charge on any atom is -0.353 e. The van der Waals surface area contributed by atoms with Gasteiger partial charge in [-0.2, -0.15) is 0 Å². The van der Waals surface area contributed by atoms with Gasteiger partial charge in [-0.05, 0) is 48.4 Å². The lowest BCUT2D eigenvalue weighted by molar-refractivity contribution is -0.139. The quantitative estimate of drug-likeness (QED) is 0.822. The van der Waals surface area contributed by atoms with Gasteiger partial charge >= 0.3 is 0 Å². The highest BCUT2D eigenvalue weighted by Gasteiger charge is 2.48. The van der Waals surface area contributed by atoms with Crippen LogP contribution in [0.1, 0.15) is 45.6 Å². The maximum absolute atomic E-state index is 13.3. The molecule has 1 saturated carbocycles. The van der Waals surface area contributed by atoms with Crippen molar-refractivity contribution in [2.24, 2.45) is 10.8 Å². The van der Waals surface area contributed by atoms with Gasteiger partial charge in [-0.15, -0.1) is 0 Å². The van der Waals surface area contributed by atoms with Crippen LogP contribution in [0.4, 0.5) is 0 Å². The highest BCUT2D eigenvalue weighted by atomic mass is 16.2. The van der Waals surface area contributed by atoms with E-state index in [2.05, 4.69) is 34.6 Å². The van der Waals surface area contributed by atoms with Crippen LogP contribution in [0.2, 0.25) is 0 Å². The Kier molecular flexibility index (Phi) is 5.39. The van der Waals surface area contributed by atoms with Crippen molar-refractivity contribution in [3.05, 3.63) is 54.4 Å². The van der Waals surface area contributed by atoms with Crippen molar-refractivity contribution in [2.75, 3.05) is 13.1 Å². The van der Waals surface area contributed by atoms with Crippen molar-refractivity contribution in [1.29, 1.82) is 0 Å². The van der Waals surface area contributed by atoms with Crippen LogP contribution >= 0.6 is 0 Å². The molecule has 1 saturated heterocycles. The molecule has 30 heavy (non-hydrogen) atoms. The summed E-state index contributed by atoms with van der Waals surface area (Å²) in [4.78, 5) is 32.2. The summed E-state index contributed by atoms with van der Waals surface area (Å²) in [6.45, 7) is 6.96. The minimum absolute atomic E-state index is 0.102. The van der Waals surface area contributed by atoms with Gasteiger partial charge in [0.2, 0.25) is 11.8 Å². The van der Waals surface area contributed by atoms with Crippen LogP contribution in [-0.4, -0.2) is 40.8 Å². The van der Waals surface area contributed by atoms with Gasteiger partial charge in [0.15, 0.2) is 0 Å². The van der Waals surface area contributed by atoms with Gasteiger partial charge in [-0.1, -0.05) is 51.1 Å². The third-order valence-electron chi connectivity index (χ3n) is 6.17. The SMILES string of the molecule is CC(C)(C)C(=O)N1CC[C@](Cc2ccc(-c3cccnc3)cc2)(C(=O)NC2CC2)C1. The van der Waals surface area contributed by atoms with Gasteiger partial charge in [-0.3, -0.25) is 14.6 Å². The van der Waals surface area contributed by atoms with E-state index in [9.17, 15) is 9.59 Å². The number of pyridine rings is 1. The van der Waals surface area contributed by atoms with Crippen LogP contribution in [0.5, 0.6) is 0 Å². The number of likely N-dealkylation sites (tertiary alicyclic amines) is 1. The molecule has 0 spiro atoms. The first-order valence-electron chi connectivity index (χ1n) is 10.9. The van der Waals surface area contributed by atoms with Crippen LogP contribution in [0.15, 0.2) is 48.8 Å². The van der Waals surface area contributed by atoms with Gasteiger partial charge in [0, 0.05) is 36.9 Å². The molecule has 2 aromatic rings. The first-order chi connectivity index (χ1) is 14.3. The maximum Gasteiger partial charge on any atom is 0.228 e. The molecule has 1 atom stereocenters. The fourth-order valence-electron chi connectivity index (χ4n) is 4.24. The third kappa shape index (κ3) is 4.40. The zero-order valence-corrected chi connectivity index (χ0v) is 18.1. The van der Waals surface area contributed by atoms with E-state index in [1.807, 2.05) is 44.0 Å². The number of carbonyl (C=O) groups excluding carboxylic acids is 2. The first-order valence-corrected chi connectivity index (χ1v) is 10.9. The molecule has 2 fully saturated rings. The molecule has 1 N–H and O–H groups in total. The summed E-state index contributed by atoms with van der Waals surface area (Å²) < 4.78 is 0. The van der Waals surface area contributed by atoms with E-state index >= 15 is 0 Å². The van der Waals surface area contributed by atoms with Crippen LogP contribution in [0, 0.1) is 10.8 Å². The Morgan fingerprint density at radius 1 is 1.13 bits per heavy atom. The first kappa shape index (κ1) is 20.6. The lowest BCUT2D eigenvalue weighted by Gasteiger charge is -2.30. The predicted octanol–water partition coefficient (Wildman–Crippen LogP) is 3.83. The molecule has 1 aromatic heterocycles. The van der Waals surface area contributed by atoms with Crippen LogP contribution < -0.4 is 5.32 Å². The summed E-state index contributed by atoms with van der Waals surface area (Å²) in [6.07, 6.45) is 7.10. The molecule has 158 valence electrons. The van der Waals surface area contributed by atoms with Gasteiger partial charge < -0.3 is 10.2 Å². The number of rotatable bonds is 5. The van der Waals surface area contributed by atoms with Crippen LogP contribution in [-0.2, 0) is 16.0 Å². The van der Waals surface area contributed by atoms with Crippen LogP contribution in [0.25, 0.3) is 11.1 Å². The lowest BCUT2D eigenvalue weighted by atomic mass is 9.79. The van der Waals surface area contributed by atoms with E-state index in [4.69, 9.17) is 0 Å². The van der Waals surface area contributed by atoms with E-state index in [0.29, 0.717) is 32.0 Å². The summed E-state index contributed by atoms with van der Waals surface area (Å²) in [5.41, 5.74) is 2.32. The molecular weight excluding hydrogens is 374 g/mol. The van der Waals surface area contributed by atoms with Crippen molar-refractivity contribution in [1.82, 2.24) is 15.2 Å². The smallest absolute Gasteiger partial charge is 0.228 e. The molecule has 0 bridgehead atoms. The van der Waals surface area contributed by atoms with Crippen molar-refractivity contribution < 1.29 is 9.59 Å². The zero-order chi connectivity index (χ0) is 21.4. The van der Waals surface area contributed by atoms with E-state index < -0.39 is 10.8 Å². The Balaban J connectivity index is 1.55. The van der Waals surface area contributed by atoms with Crippen molar-refractivity contribution in [2.45, 2.75) is 52.5 Å². The lowest BCUT2D eigenvalue weighted by Crippen LogP contribution is -2.47. The zero-order valence-electron chi connectivity index (χ0n) is 18.1. The summed E-state index contributed by atoms with van der Waals surface area (Å²) >= 11 is 0. The molecule has 5 heteroatoms. The number of amides is 2. The third-order valence-corrected chi connectivity index (χ3v) is 6.17. The molecule has 4 rings (SSSR count). The average Bonchev–Trinajstić information content (AvgIpc) is 3.44. The average molecular weight is 406 g/mol. The molecule has 2 heterocycles. The van der Waals surface area contributed by atoms with Crippen LogP contribution in [0.3, 0.4) is 0 Å². The topological polar surface area (TPSA) is 62.3 Å². The number of hydrogen-bond acceptors (Lipinski definition) is 3. The molecule has 0 unspecified atom stereocenters. The summed E-state index contributed by atoms with van der Waals surface area (Å²) in [5, 5.41) is 3.21. The summed E-state index contributed by atoms with van der Waals surface area (Å²) in [7, 11) is 0. The monoisotopic (exact) mass is 405 g/mol. The Bertz CT molecular complexity index is 914. The molecule has 1 aromatic carbocycles. The highest BCUT2D eigenvalue weighted by molar-refractivity contribution is 5.87. The van der Waals surface area contributed by atoms with E-state index in [0.717, 1.165) is 29.5 Å². The maximum atomic E-state index is 13.3. The highest BCUT2D eigenvalue weighted by Crippen LogP contribution is 2.38. The molecule has 2 amide bonds. The van der Waals surface area contributed by atoms with Gasteiger partial charge in [0.25, 0.3) is 0 Å². The standard InChI is InChI=1S/C25H31N3O2/c1-24(2,3)23(30)28-14-12-25(17-28,22(29)27-21-10-11-21)15-18-6-8-19(9-7-18)20-5-4-13-26-16-20/h4-9,13,16,21H,10-12,14-15,17H2,1-3H3,(H,27,29)/t25-/m1/s1. The number of hydrogen-bond donors (Lipinski definition) is 1. The minimum atomic E-state index is -0.556. The van der Waals surface area contributed by atoms with Gasteiger partial charge in [-0.25, -0.2) is 0 Å². The van der Waals surface area contributed by atoms with E-state index in [1.54, 1.807) is 6.20 Å². The largest absolute Gasteiger partial charge is 0.353 e. The molecule has 1 aliphatic heterocycles. The number of carbonyl (C=O) groups is 2. The van der Waals surface area contributed by atoms with Gasteiger partial charge in [0.1, 0.15) is 0 Å². The molecule has 5 nitrogen and oxygen atoms in total. The molecule has 0 radical (unpaired) electrons. The number of benzene rings is 1. The van der Waals surface area contributed by atoms with E-state index in [1.165, 1.54) is 0 Å². The Labute approximate surface area is 178 Å². The fraction of sp³-hybridized carbons (Fsp3) is 0.480. The Morgan fingerprint density at radius 2 is 1.87 bits per heavy atom. The Morgan fingerprint density at radius 3 is 2.47 bits per heavy atom. The van der Waals surface area contributed by atoms with Gasteiger partial charge in [0.05, 0.1) is 5.41 Å². The predicted molar refractivity (Wildman–Crippen MR) is 118 cm³/mol. The number of aromatic nitrogens is 1. The molecule has 2 aliphatic rings. The summed E-state index contributed by atoms with van der Waals surface area (Å²) in [5.74, 6) is 0.223. The van der Waals surface area contributed by atoms with Crippen molar-refractivity contribution >= 4 is 11.8 Å². The number of nitrogens with zero attached hydrogens (tertiary/aromatic N) is 2. The van der Waals surface area contributed by atoms with Crippen molar-refractivity contribution in [3.8, 4) is 11.1 Å². The second kappa shape index (κ2) is 7.86. The molecular formula is C25H31N3O2. The second-order valence-corrected chi connectivity index (χ2v) is 9.87. The fourth-order valence-corrected chi connectivity index (χ4v) is 4.24. The molecule has 1 aliphatic carbocycles. The second-order valence-electron chi connectivity index (χ2n) is 9.87. The normalized spacial score (nSPS) is 21.5. The van der Waals surface area contributed by atoms with E-state index in [-0.39, 0.29) is 11.8 Å². The number of nitrogens with one attached hydrogen (secondary N) is 1. The summed E-state index contributed by atoms with van der Waals surface area (Å²) in [6, 6.07) is 12.7. The Hall–Kier alpha value is -2.69.